The van der Waals surface area contributed by atoms with Crippen LogP contribution in [0.15, 0.2) is 49.1 Å². The Morgan fingerprint density at radius 1 is 1.18 bits per heavy atom. The summed E-state index contributed by atoms with van der Waals surface area (Å²) in [5, 5.41) is 2.90. The second kappa shape index (κ2) is 10.2. The van der Waals surface area contributed by atoms with Crippen molar-refractivity contribution >= 4 is 11.8 Å². The summed E-state index contributed by atoms with van der Waals surface area (Å²) >= 11 is 0. The van der Waals surface area contributed by atoms with Gasteiger partial charge in [-0.2, -0.15) is 0 Å². The normalized spacial score (nSPS) is 15.7. The Balaban J connectivity index is 1.48. The highest BCUT2D eigenvalue weighted by atomic mass is 16.5. The zero-order valence-electron chi connectivity index (χ0n) is 18.7. The SMILES string of the molecule is COc1cccc(CNC(=O)c2cnc(C3CCCCN3C(=O)c3cnccn3)nc2C)c1. The predicted molar refractivity (Wildman–Crippen MR) is 121 cm³/mol. The lowest BCUT2D eigenvalue weighted by molar-refractivity contribution is 0.0592. The Morgan fingerprint density at radius 2 is 2.06 bits per heavy atom. The van der Waals surface area contributed by atoms with E-state index in [0.29, 0.717) is 35.9 Å². The van der Waals surface area contributed by atoms with E-state index in [-0.39, 0.29) is 17.9 Å². The van der Waals surface area contributed by atoms with E-state index in [4.69, 9.17) is 4.74 Å². The summed E-state index contributed by atoms with van der Waals surface area (Å²) in [4.78, 5) is 44.7. The number of hydrogen-bond acceptors (Lipinski definition) is 7. The molecule has 9 nitrogen and oxygen atoms in total. The number of carbonyl (C=O) groups excluding carboxylic acids is 2. The van der Waals surface area contributed by atoms with E-state index < -0.39 is 0 Å². The topological polar surface area (TPSA) is 110 Å². The van der Waals surface area contributed by atoms with Crippen molar-refractivity contribution in [2.75, 3.05) is 13.7 Å². The highest BCUT2D eigenvalue weighted by Gasteiger charge is 2.31. The molecule has 0 spiro atoms. The second-order valence-electron chi connectivity index (χ2n) is 7.86. The third-order valence-electron chi connectivity index (χ3n) is 5.67. The standard InChI is InChI=1S/C24H26N6O3/c1-16-19(23(31)28-13-17-6-5-7-18(12-17)33-2)14-27-22(29-16)21-8-3-4-11-30(21)24(32)20-15-25-9-10-26-20/h5-7,9-10,12,14-15,21H,3-4,8,11,13H2,1-2H3,(H,28,31). The quantitative estimate of drug-likeness (QED) is 0.620. The lowest BCUT2D eigenvalue weighted by Gasteiger charge is -2.34. The number of hydrogen-bond donors (Lipinski definition) is 1. The summed E-state index contributed by atoms with van der Waals surface area (Å²) in [5.41, 5.74) is 2.21. The largest absolute Gasteiger partial charge is 0.497 e. The Bertz CT molecular complexity index is 1140. The number of aryl methyl sites for hydroxylation is 1. The van der Waals surface area contributed by atoms with Crippen molar-refractivity contribution in [2.45, 2.75) is 38.8 Å². The van der Waals surface area contributed by atoms with Gasteiger partial charge < -0.3 is 15.0 Å². The first-order valence-electron chi connectivity index (χ1n) is 10.9. The highest BCUT2D eigenvalue weighted by molar-refractivity contribution is 5.95. The molecular formula is C24H26N6O3. The van der Waals surface area contributed by atoms with Gasteiger partial charge in [0.2, 0.25) is 0 Å². The molecule has 2 amide bonds. The van der Waals surface area contributed by atoms with Crippen LogP contribution in [0.2, 0.25) is 0 Å². The molecule has 33 heavy (non-hydrogen) atoms. The molecule has 3 heterocycles. The van der Waals surface area contributed by atoms with E-state index in [9.17, 15) is 9.59 Å². The monoisotopic (exact) mass is 446 g/mol. The van der Waals surface area contributed by atoms with E-state index >= 15 is 0 Å². The van der Waals surface area contributed by atoms with Gasteiger partial charge in [0.05, 0.1) is 30.6 Å². The Hall–Kier alpha value is -3.88. The fourth-order valence-corrected chi connectivity index (χ4v) is 3.93. The number of methoxy groups -OCH3 is 1. The molecule has 4 rings (SSSR count). The number of aromatic nitrogens is 4. The number of nitrogens with one attached hydrogen (secondary N) is 1. The maximum Gasteiger partial charge on any atom is 0.274 e. The summed E-state index contributed by atoms with van der Waals surface area (Å²) in [6, 6.07) is 7.26. The van der Waals surface area contributed by atoms with E-state index in [0.717, 1.165) is 30.6 Å². The van der Waals surface area contributed by atoms with Gasteiger partial charge in [-0.1, -0.05) is 12.1 Å². The first-order chi connectivity index (χ1) is 16.1. The number of benzene rings is 1. The maximum atomic E-state index is 13.0. The molecule has 0 radical (unpaired) electrons. The molecule has 2 aromatic heterocycles. The van der Waals surface area contributed by atoms with Crippen molar-refractivity contribution in [3.05, 3.63) is 77.4 Å². The van der Waals surface area contributed by atoms with Crippen LogP contribution in [0.1, 0.15) is 63.2 Å². The molecule has 1 atom stereocenters. The third kappa shape index (κ3) is 5.14. The molecule has 1 unspecified atom stereocenters. The van der Waals surface area contributed by atoms with Gasteiger partial charge in [-0.05, 0) is 43.9 Å². The molecule has 1 fully saturated rings. The minimum atomic E-state index is -0.263. The van der Waals surface area contributed by atoms with E-state index in [1.54, 1.807) is 18.9 Å². The van der Waals surface area contributed by atoms with Crippen LogP contribution in [-0.2, 0) is 6.54 Å². The van der Waals surface area contributed by atoms with Crippen LogP contribution in [-0.4, -0.2) is 50.3 Å². The third-order valence-corrected chi connectivity index (χ3v) is 5.67. The summed E-state index contributed by atoms with van der Waals surface area (Å²) in [6.45, 7) is 2.74. The predicted octanol–water partition coefficient (Wildman–Crippen LogP) is 2.88. The molecule has 1 aliphatic heterocycles. The van der Waals surface area contributed by atoms with Gasteiger partial charge in [0, 0.05) is 31.7 Å². The fraction of sp³-hybridized carbons (Fsp3) is 0.333. The Morgan fingerprint density at radius 3 is 2.82 bits per heavy atom. The van der Waals surface area contributed by atoms with Crippen LogP contribution >= 0.6 is 0 Å². The van der Waals surface area contributed by atoms with Gasteiger partial charge in [0.15, 0.2) is 5.82 Å². The summed E-state index contributed by atoms with van der Waals surface area (Å²) < 4.78 is 5.22. The lowest BCUT2D eigenvalue weighted by Crippen LogP contribution is -2.40. The number of piperidine rings is 1. The zero-order chi connectivity index (χ0) is 23.2. The number of ether oxygens (including phenoxy) is 1. The fourth-order valence-electron chi connectivity index (χ4n) is 3.93. The van der Waals surface area contributed by atoms with E-state index in [1.807, 2.05) is 24.3 Å². The zero-order valence-corrected chi connectivity index (χ0v) is 18.7. The molecule has 9 heteroatoms. The van der Waals surface area contributed by atoms with Gasteiger partial charge in [0.25, 0.3) is 11.8 Å². The molecule has 1 aliphatic rings. The Kier molecular flexibility index (Phi) is 6.87. The molecule has 170 valence electrons. The van der Waals surface area contributed by atoms with Gasteiger partial charge in [-0.3, -0.25) is 14.6 Å². The average molecular weight is 447 g/mol. The molecule has 1 N–H and O–H groups in total. The number of amides is 2. The molecule has 0 aliphatic carbocycles. The number of carbonyl (C=O) groups is 2. The highest BCUT2D eigenvalue weighted by Crippen LogP contribution is 2.30. The maximum absolute atomic E-state index is 13.0. The van der Waals surface area contributed by atoms with Crippen LogP contribution in [0.3, 0.4) is 0 Å². The van der Waals surface area contributed by atoms with Crippen LogP contribution in [0, 0.1) is 6.92 Å². The molecule has 3 aromatic rings. The molecular weight excluding hydrogens is 420 g/mol. The van der Waals surface area contributed by atoms with Crippen LogP contribution in [0.25, 0.3) is 0 Å². The average Bonchev–Trinajstić information content (AvgIpc) is 2.87. The minimum Gasteiger partial charge on any atom is -0.497 e. The molecule has 1 aromatic carbocycles. The molecule has 1 saturated heterocycles. The number of rotatable bonds is 6. The van der Waals surface area contributed by atoms with E-state index in [2.05, 4.69) is 25.3 Å². The van der Waals surface area contributed by atoms with Gasteiger partial charge in [-0.25, -0.2) is 15.0 Å². The lowest BCUT2D eigenvalue weighted by atomic mass is 10.0. The van der Waals surface area contributed by atoms with Crippen LogP contribution < -0.4 is 10.1 Å². The Labute approximate surface area is 192 Å². The van der Waals surface area contributed by atoms with Crippen LogP contribution in [0.4, 0.5) is 0 Å². The molecule has 0 bridgehead atoms. The number of nitrogens with zero attached hydrogens (tertiary/aromatic N) is 5. The summed E-state index contributed by atoms with van der Waals surface area (Å²) in [5.74, 6) is 0.833. The van der Waals surface area contributed by atoms with Crippen molar-refractivity contribution in [2.24, 2.45) is 0 Å². The summed E-state index contributed by atoms with van der Waals surface area (Å²) in [6.07, 6.45) is 8.69. The second-order valence-corrected chi connectivity index (χ2v) is 7.86. The summed E-state index contributed by atoms with van der Waals surface area (Å²) in [7, 11) is 1.61. The van der Waals surface area contributed by atoms with Crippen molar-refractivity contribution in [3.8, 4) is 5.75 Å². The van der Waals surface area contributed by atoms with Crippen molar-refractivity contribution in [1.82, 2.24) is 30.2 Å². The van der Waals surface area contributed by atoms with Crippen LogP contribution in [0.5, 0.6) is 5.75 Å². The minimum absolute atomic E-state index is 0.186. The number of likely N-dealkylation sites (tertiary alicyclic amines) is 1. The van der Waals surface area contributed by atoms with Crippen molar-refractivity contribution in [1.29, 1.82) is 0 Å². The molecule has 0 saturated carbocycles. The van der Waals surface area contributed by atoms with Gasteiger partial charge >= 0.3 is 0 Å². The van der Waals surface area contributed by atoms with Gasteiger partial charge in [-0.15, -0.1) is 0 Å². The van der Waals surface area contributed by atoms with E-state index in [1.165, 1.54) is 24.8 Å². The van der Waals surface area contributed by atoms with Gasteiger partial charge in [0.1, 0.15) is 11.4 Å². The first-order valence-corrected chi connectivity index (χ1v) is 10.9. The smallest absolute Gasteiger partial charge is 0.274 e. The van der Waals surface area contributed by atoms with Crippen molar-refractivity contribution < 1.29 is 14.3 Å². The first kappa shape index (κ1) is 22.3. The van der Waals surface area contributed by atoms with Crippen molar-refractivity contribution in [3.63, 3.8) is 0 Å².